The van der Waals surface area contributed by atoms with E-state index < -0.39 is 0 Å². The van der Waals surface area contributed by atoms with Gasteiger partial charge in [-0.3, -0.25) is 0 Å². The molecule has 0 aromatic heterocycles. The lowest BCUT2D eigenvalue weighted by atomic mass is 10.1. The number of para-hydroxylation sites is 1. The summed E-state index contributed by atoms with van der Waals surface area (Å²) in [7, 11) is 0. The summed E-state index contributed by atoms with van der Waals surface area (Å²) in [6.07, 6.45) is 0. The lowest BCUT2D eigenvalue weighted by Gasteiger charge is -2.09. The highest BCUT2D eigenvalue weighted by Gasteiger charge is 2.02. The van der Waals surface area contributed by atoms with Crippen LogP contribution in [0.2, 0.25) is 0 Å². The molecule has 0 aliphatic rings. The molecule has 0 bridgehead atoms. The maximum Gasteiger partial charge on any atom is 0.101 e. The number of hydrogen-bond acceptors (Lipinski definition) is 2. The van der Waals surface area contributed by atoms with Crippen molar-refractivity contribution in [2.24, 2.45) is 0 Å². The van der Waals surface area contributed by atoms with Gasteiger partial charge in [0, 0.05) is 10.2 Å². The highest BCUT2D eigenvalue weighted by molar-refractivity contribution is 9.10. The average Bonchev–Trinajstić information content (AvgIpc) is 2.34. The van der Waals surface area contributed by atoms with Crippen LogP contribution in [-0.2, 0) is 0 Å². The fraction of sp³-hybridized carbons (Fsp3) is 0.0714. The predicted molar refractivity (Wildman–Crippen MR) is 73.3 cm³/mol. The molecule has 2 aromatic rings. The van der Waals surface area contributed by atoms with Crippen LogP contribution in [0.1, 0.15) is 11.1 Å². The summed E-state index contributed by atoms with van der Waals surface area (Å²) in [5, 5.41) is 12.2. The Morgan fingerprint density at radius 2 is 1.94 bits per heavy atom. The number of rotatable bonds is 2. The molecule has 0 heterocycles. The van der Waals surface area contributed by atoms with E-state index in [2.05, 4.69) is 27.3 Å². The number of nitriles is 1. The van der Waals surface area contributed by atoms with E-state index in [-0.39, 0.29) is 0 Å². The molecule has 0 unspecified atom stereocenters. The van der Waals surface area contributed by atoms with Crippen LogP contribution >= 0.6 is 15.9 Å². The van der Waals surface area contributed by atoms with Gasteiger partial charge in [-0.05, 0) is 42.8 Å². The molecule has 0 amide bonds. The summed E-state index contributed by atoms with van der Waals surface area (Å²) in [6, 6.07) is 15.6. The van der Waals surface area contributed by atoms with Crippen molar-refractivity contribution >= 4 is 27.3 Å². The maximum atomic E-state index is 9.00. The number of nitrogens with one attached hydrogen (secondary N) is 1. The lowest BCUT2D eigenvalue weighted by molar-refractivity contribution is 1.41. The van der Waals surface area contributed by atoms with Gasteiger partial charge in [-0.1, -0.05) is 28.1 Å². The van der Waals surface area contributed by atoms with E-state index >= 15 is 0 Å². The van der Waals surface area contributed by atoms with Crippen LogP contribution in [0.5, 0.6) is 0 Å². The molecule has 17 heavy (non-hydrogen) atoms. The number of halogens is 1. The van der Waals surface area contributed by atoms with E-state index in [0.717, 1.165) is 21.4 Å². The number of nitrogens with zero attached hydrogens (tertiary/aromatic N) is 1. The molecular formula is C14H11BrN2. The highest BCUT2D eigenvalue weighted by atomic mass is 79.9. The zero-order valence-corrected chi connectivity index (χ0v) is 11.0. The van der Waals surface area contributed by atoms with E-state index in [4.69, 9.17) is 5.26 Å². The van der Waals surface area contributed by atoms with Gasteiger partial charge in [0.25, 0.3) is 0 Å². The SMILES string of the molecule is Cc1cc(Nc2ccccc2C#N)ccc1Br. The topological polar surface area (TPSA) is 35.8 Å². The molecule has 3 heteroatoms. The Balaban J connectivity index is 2.32. The highest BCUT2D eigenvalue weighted by Crippen LogP contribution is 2.24. The van der Waals surface area contributed by atoms with Crippen LogP contribution in [0, 0.1) is 18.3 Å². The maximum absolute atomic E-state index is 9.00. The van der Waals surface area contributed by atoms with Crippen LogP contribution in [0.3, 0.4) is 0 Å². The Morgan fingerprint density at radius 1 is 1.18 bits per heavy atom. The smallest absolute Gasteiger partial charge is 0.101 e. The Bertz CT molecular complexity index is 585. The lowest BCUT2D eigenvalue weighted by Crippen LogP contribution is -1.93. The van der Waals surface area contributed by atoms with Crippen molar-refractivity contribution in [2.75, 3.05) is 5.32 Å². The summed E-state index contributed by atoms with van der Waals surface area (Å²) >= 11 is 3.46. The first kappa shape index (κ1) is 11.7. The van der Waals surface area contributed by atoms with E-state index in [1.807, 2.05) is 43.3 Å². The minimum absolute atomic E-state index is 0.646. The summed E-state index contributed by atoms with van der Waals surface area (Å²) in [5.74, 6) is 0. The van der Waals surface area contributed by atoms with E-state index in [9.17, 15) is 0 Å². The molecule has 0 atom stereocenters. The summed E-state index contributed by atoms with van der Waals surface area (Å²) in [4.78, 5) is 0. The van der Waals surface area contributed by atoms with Crippen molar-refractivity contribution in [3.8, 4) is 6.07 Å². The third kappa shape index (κ3) is 2.66. The second-order valence-corrected chi connectivity index (χ2v) is 4.60. The molecule has 0 spiro atoms. The first-order valence-corrected chi connectivity index (χ1v) is 6.02. The normalized spacial score (nSPS) is 9.71. The second kappa shape index (κ2) is 5.03. The van der Waals surface area contributed by atoms with Crippen LogP contribution in [0.25, 0.3) is 0 Å². The Morgan fingerprint density at radius 3 is 2.65 bits per heavy atom. The molecule has 0 radical (unpaired) electrons. The van der Waals surface area contributed by atoms with Crippen LogP contribution in [0.4, 0.5) is 11.4 Å². The van der Waals surface area contributed by atoms with Gasteiger partial charge in [-0.25, -0.2) is 0 Å². The first-order chi connectivity index (χ1) is 8.20. The molecule has 2 rings (SSSR count). The van der Waals surface area contributed by atoms with E-state index in [1.165, 1.54) is 0 Å². The molecule has 2 nitrogen and oxygen atoms in total. The Kier molecular flexibility index (Phi) is 3.46. The molecule has 0 aliphatic carbocycles. The minimum Gasteiger partial charge on any atom is -0.354 e. The van der Waals surface area contributed by atoms with Gasteiger partial charge < -0.3 is 5.32 Å². The largest absolute Gasteiger partial charge is 0.354 e. The Hall–Kier alpha value is -1.79. The Labute approximate surface area is 109 Å². The molecule has 1 N–H and O–H groups in total. The molecule has 0 saturated carbocycles. The zero-order valence-electron chi connectivity index (χ0n) is 9.37. The quantitative estimate of drug-likeness (QED) is 0.890. The summed E-state index contributed by atoms with van der Waals surface area (Å²) < 4.78 is 1.08. The van der Waals surface area contributed by atoms with Gasteiger partial charge in [0.05, 0.1) is 11.3 Å². The van der Waals surface area contributed by atoms with Gasteiger partial charge in [-0.2, -0.15) is 5.26 Å². The fourth-order valence-corrected chi connectivity index (χ4v) is 1.81. The predicted octanol–water partition coefficient (Wildman–Crippen LogP) is 4.37. The summed E-state index contributed by atoms with van der Waals surface area (Å²) in [6.45, 7) is 2.03. The number of hydrogen-bond donors (Lipinski definition) is 1. The molecule has 0 fully saturated rings. The van der Waals surface area contributed by atoms with Crippen LogP contribution in [0.15, 0.2) is 46.9 Å². The standard InChI is InChI=1S/C14H11BrN2/c1-10-8-12(6-7-13(10)15)17-14-5-3-2-4-11(14)9-16/h2-8,17H,1H3. The third-order valence-corrected chi connectivity index (χ3v) is 3.37. The fourth-order valence-electron chi connectivity index (χ4n) is 1.57. The van der Waals surface area contributed by atoms with E-state index in [1.54, 1.807) is 6.07 Å². The van der Waals surface area contributed by atoms with Crippen molar-refractivity contribution in [1.82, 2.24) is 0 Å². The van der Waals surface area contributed by atoms with Crippen molar-refractivity contribution in [3.05, 3.63) is 58.1 Å². The number of benzene rings is 2. The third-order valence-electron chi connectivity index (χ3n) is 2.48. The van der Waals surface area contributed by atoms with Gasteiger partial charge in [0.15, 0.2) is 0 Å². The van der Waals surface area contributed by atoms with Crippen molar-refractivity contribution < 1.29 is 0 Å². The van der Waals surface area contributed by atoms with Crippen molar-refractivity contribution in [2.45, 2.75) is 6.92 Å². The monoisotopic (exact) mass is 286 g/mol. The molecular weight excluding hydrogens is 276 g/mol. The average molecular weight is 287 g/mol. The van der Waals surface area contributed by atoms with E-state index in [0.29, 0.717) is 5.56 Å². The summed E-state index contributed by atoms with van der Waals surface area (Å²) in [5.41, 5.74) is 3.61. The zero-order chi connectivity index (χ0) is 12.3. The minimum atomic E-state index is 0.646. The van der Waals surface area contributed by atoms with Crippen LogP contribution < -0.4 is 5.32 Å². The molecule has 84 valence electrons. The second-order valence-electron chi connectivity index (χ2n) is 3.75. The van der Waals surface area contributed by atoms with Gasteiger partial charge >= 0.3 is 0 Å². The van der Waals surface area contributed by atoms with Crippen molar-refractivity contribution in [1.29, 1.82) is 5.26 Å². The number of aryl methyl sites for hydroxylation is 1. The number of anilines is 2. The molecule has 0 aliphatic heterocycles. The van der Waals surface area contributed by atoms with Gasteiger partial charge in [0.2, 0.25) is 0 Å². The van der Waals surface area contributed by atoms with Crippen molar-refractivity contribution in [3.63, 3.8) is 0 Å². The van der Waals surface area contributed by atoms with Gasteiger partial charge in [-0.15, -0.1) is 0 Å². The van der Waals surface area contributed by atoms with Gasteiger partial charge in [0.1, 0.15) is 6.07 Å². The molecule has 0 saturated heterocycles. The van der Waals surface area contributed by atoms with Crippen LogP contribution in [-0.4, -0.2) is 0 Å². The first-order valence-electron chi connectivity index (χ1n) is 5.23. The molecule has 2 aromatic carbocycles.